The highest BCUT2D eigenvalue weighted by atomic mass is 19.1. The Morgan fingerprint density at radius 1 is 1.29 bits per heavy atom. The number of fused-ring (bicyclic) bond motifs is 1. The van der Waals surface area contributed by atoms with Crippen LogP contribution >= 0.6 is 0 Å². The zero-order valence-corrected chi connectivity index (χ0v) is 8.89. The lowest BCUT2D eigenvalue weighted by Crippen LogP contribution is -2.43. The number of halogens is 1. The Morgan fingerprint density at radius 3 is 2.57 bits per heavy atom. The topological polar surface area (TPSA) is 26.0 Å². The highest BCUT2D eigenvalue weighted by Crippen LogP contribution is 2.47. The molecule has 0 heterocycles. The van der Waals surface area contributed by atoms with Crippen molar-refractivity contribution in [1.29, 1.82) is 0 Å². The summed E-state index contributed by atoms with van der Waals surface area (Å²) >= 11 is 0. The Labute approximate surface area is 84.1 Å². The molecule has 1 aromatic carbocycles. The maximum atomic E-state index is 13.0. The molecule has 0 saturated heterocycles. The smallest absolute Gasteiger partial charge is 0.123 e. The molecule has 0 saturated carbocycles. The molecule has 2 rings (SSSR count). The zero-order valence-electron chi connectivity index (χ0n) is 8.89. The van der Waals surface area contributed by atoms with Gasteiger partial charge in [-0.25, -0.2) is 4.39 Å². The van der Waals surface area contributed by atoms with Crippen molar-refractivity contribution < 1.29 is 4.39 Å². The van der Waals surface area contributed by atoms with E-state index < -0.39 is 0 Å². The van der Waals surface area contributed by atoms with Crippen molar-refractivity contribution in [3.8, 4) is 0 Å². The lowest BCUT2D eigenvalue weighted by atomic mass is 9.75. The summed E-state index contributed by atoms with van der Waals surface area (Å²) in [5, 5.41) is 0. The number of benzene rings is 1. The first-order valence-corrected chi connectivity index (χ1v) is 4.92. The molecular weight excluding hydrogens is 177 g/mol. The number of rotatable bonds is 0. The fraction of sp³-hybridized carbons (Fsp3) is 0.500. The molecule has 0 bridgehead atoms. The van der Waals surface area contributed by atoms with Crippen LogP contribution in [0, 0.1) is 11.2 Å². The Hall–Kier alpha value is -0.890. The summed E-state index contributed by atoms with van der Waals surface area (Å²) < 4.78 is 13.0. The van der Waals surface area contributed by atoms with Crippen LogP contribution in [0.2, 0.25) is 0 Å². The van der Waals surface area contributed by atoms with Crippen molar-refractivity contribution in [3.63, 3.8) is 0 Å². The Bertz CT molecular complexity index is 380. The van der Waals surface area contributed by atoms with E-state index in [9.17, 15) is 4.39 Å². The molecule has 2 heteroatoms. The Morgan fingerprint density at radius 2 is 1.93 bits per heavy atom. The van der Waals surface area contributed by atoms with E-state index in [-0.39, 0.29) is 16.8 Å². The third-order valence-corrected chi connectivity index (χ3v) is 3.67. The van der Waals surface area contributed by atoms with Crippen LogP contribution in [0.4, 0.5) is 4.39 Å². The number of hydrogen-bond donors (Lipinski definition) is 1. The largest absolute Gasteiger partial charge is 0.321 e. The molecule has 76 valence electrons. The summed E-state index contributed by atoms with van der Waals surface area (Å²) in [6, 6.07) is 4.92. The van der Waals surface area contributed by atoms with Crippen LogP contribution in [0.5, 0.6) is 0 Å². The summed E-state index contributed by atoms with van der Waals surface area (Å²) in [4.78, 5) is 0. The monoisotopic (exact) mass is 193 g/mol. The van der Waals surface area contributed by atoms with E-state index in [1.807, 2.05) is 13.0 Å². The maximum Gasteiger partial charge on any atom is 0.123 e. The fourth-order valence-corrected chi connectivity index (χ4v) is 2.24. The van der Waals surface area contributed by atoms with Gasteiger partial charge in [0.1, 0.15) is 5.82 Å². The predicted molar refractivity (Wildman–Crippen MR) is 55.4 cm³/mol. The van der Waals surface area contributed by atoms with E-state index in [1.54, 1.807) is 6.07 Å². The molecule has 0 aliphatic heterocycles. The normalized spacial score (nSPS) is 28.9. The van der Waals surface area contributed by atoms with Gasteiger partial charge in [-0.05, 0) is 42.0 Å². The highest BCUT2D eigenvalue weighted by molar-refractivity contribution is 5.41. The molecule has 14 heavy (non-hydrogen) atoms. The van der Waals surface area contributed by atoms with Gasteiger partial charge in [0.2, 0.25) is 0 Å². The third kappa shape index (κ3) is 1.10. The van der Waals surface area contributed by atoms with Gasteiger partial charge in [0.05, 0.1) is 0 Å². The van der Waals surface area contributed by atoms with Crippen LogP contribution in [0.1, 0.15) is 31.9 Å². The molecule has 0 spiro atoms. The molecule has 0 amide bonds. The van der Waals surface area contributed by atoms with E-state index >= 15 is 0 Å². The average Bonchev–Trinajstić information content (AvgIpc) is 2.18. The van der Waals surface area contributed by atoms with Crippen molar-refractivity contribution in [2.45, 2.75) is 32.7 Å². The molecule has 0 fully saturated rings. The molecule has 1 unspecified atom stereocenters. The van der Waals surface area contributed by atoms with E-state index in [1.165, 1.54) is 6.07 Å². The second-order valence-electron chi connectivity index (χ2n) is 5.06. The van der Waals surface area contributed by atoms with Gasteiger partial charge >= 0.3 is 0 Å². The van der Waals surface area contributed by atoms with Crippen molar-refractivity contribution in [2.75, 3.05) is 0 Å². The summed E-state index contributed by atoms with van der Waals surface area (Å²) in [7, 11) is 0. The molecule has 1 atom stereocenters. The molecule has 1 aromatic rings. The molecular formula is C12H16FN. The van der Waals surface area contributed by atoms with Crippen LogP contribution < -0.4 is 5.73 Å². The second-order valence-corrected chi connectivity index (χ2v) is 5.06. The summed E-state index contributed by atoms with van der Waals surface area (Å²) in [6.45, 7) is 6.28. The second kappa shape index (κ2) is 2.57. The quantitative estimate of drug-likeness (QED) is 0.673. The van der Waals surface area contributed by atoms with Crippen molar-refractivity contribution in [1.82, 2.24) is 0 Å². The van der Waals surface area contributed by atoms with Gasteiger partial charge in [-0.2, -0.15) is 0 Å². The molecule has 0 aromatic heterocycles. The fourth-order valence-electron chi connectivity index (χ4n) is 2.24. The first-order chi connectivity index (χ1) is 6.34. The van der Waals surface area contributed by atoms with Crippen LogP contribution in [-0.2, 0) is 12.0 Å². The number of nitrogens with two attached hydrogens (primary N) is 1. The van der Waals surface area contributed by atoms with E-state index in [0.717, 1.165) is 17.5 Å². The SMILES string of the molecule is CC1(C)Cc2cc(F)ccc2C1(C)N. The van der Waals surface area contributed by atoms with Crippen LogP contribution in [-0.4, -0.2) is 0 Å². The first-order valence-electron chi connectivity index (χ1n) is 4.92. The maximum absolute atomic E-state index is 13.0. The minimum atomic E-state index is -0.351. The van der Waals surface area contributed by atoms with Gasteiger partial charge in [0, 0.05) is 5.54 Å². The van der Waals surface area contributed by atoms with Gasteiger partial charge in [-0.1, -0.05) is 19.9 Å². The average molecular weight is 193 g/mol. The molecule has 2 N–H and O–H groups in total. The van der Waals surface area contributed by atoms with Crippen LogP contribution in [0.15, 0.2) is 18.2 Å². The Kier molecular flexibility index (Phi) is 1.77. The van der Waals surface area contributed by atoms with Gasteiger partial charge in [-0.15, -0.1) is 0 Å². The third-order valence-electron chi connectivity index (χ3n) is 3.67. The van der Waals surface area contributed by atoms with E-state index in [4.69, 9.17) is 5.73 Å². The minimum Gasteiger partial charge on any atom is -0.321 e. The lowest BCUT2D eigenvalue weighted by Gasteiger charge is -2.35. The zero-order chi connectivity index (χ0) is 10.6. The standard InChI is InChI=1S/C12H16FN/c1-11(2)7-8-6-9(13)4-5-10(8)12(11,3)14/h4-6H,7,14H2,1-3H3. The lowest BCUT2D eigenvalue weighted by molar-refractivity contribution is 0.211. The van der Waals surface area contributed by atoms with Crippen LogP contribution in [0.3, 0.4) is 0 Å². The van der Waals surface area contributed by atoms with Crippen molar-refractivity contribution >= 4 is 0 Å². The molecule has 1 aliphatic carbocycles. The minimum absolute atomic E-state index is 0.00310. The summed E-state index contributed by atoms with van der Waals surface area (Å²) in [6.07, 6.45) is 0.854. The van der Waals surface area contributed by atoms with E-state index in [2.05, 4.69) is 13.8 Å². The van der Waals surface area contributed by atoms with Gasteiger partial charge in [-0.3, -0.25) is 0 Å². The molecule has 1 nitrogen and oxygen atoms in total. The van der Waals surface area contributed by atoms with Gasteiger partial charge in [0.25, 0.3) is 0 Å². The van der Waals surface area contributed by atoms with Crippen LogP contribution in [0.25, 0.3) is 0 Å². The molecule has 0 radical (unpaired) electrons. The summed E-state index contributed by atoms with van der Waals surface area (Å²) in [5.74, 6) is -0.169. The number of hydrogen-bond acceptors (Lipinski definition) is 1. The van der Waals surface area contributed by atoms with Gasteiger partial charge in [0.15, 0.2) is 0 Å². The van der Waals surface area contributed by atoms with Crippen molar-refractivity contribution in [3.05, 3.63) is 35.1 Å². The molecule has 1 aliphatic rings. The first kappa shape index (κ1) is 9.66. The van der Waals surface area contributed by atoms with E-state index in [0.29, 0.717) is 0 Å². The van der Waals surface area contributed by atoms with Crippen molar-refractivity contribution in [2.24, 2.45) is 11.1 Å². The Balaban J connectivity index is 2.60. The van der Waals surface area contributed by atoms with Gasteiger partial charge < -0.3 is 5.73 Å². The predicted octanol–water partition coefficient (Wildman–Crippen LogP) is 2.58. The highest BCUT2D eigenvalue weighted by Gasteiger charge is 2.46. The summed E-state index contributed by atoms with van der Waals surface area (Å²) in [5.41, 5.74) is 8.09.